The highest BCUT2D eigenvalue weighted by Gasteiger charge is 2.51. The molecule has 0 aromatic heterocycles. The van der Waals surface area contributed by atoms with Crippen molar-refractivity contribution < 1.29 is 14.3 Å². The minimum absolute atomic E-state index is 0.149. The van der Waals surface area contributed by atoms with E-state index in [4.69, 9.17) is 9.47 Å². The molecule has 1 amide bonds. The van der Waals surface area contributed by atoms with Gasteiger partial charge >= 0.3 is 6.09 Å². The van der Waals surface area contributed by atoms with Gasteiger partial charge < -0.3 is 14.4 Å². The minimum atomic E-state index is -0.404. The zero-order valence-corrected chi connectivity index (χ0v) is 14.3. The van der Waals surface area contributed by atoms with Gasteiger partial charge in [0, 0.05) is 32.2 Å². The third kappa shape index (κ3) is 3.25. The Morgan fingerprint density at radius 2 is 1.73 bits per heavy atom. The number of piperidine rings is 1. The summed E-state index contributed by atoms with van der Waals surface area (Å²) in [6, 6.07) is 0.706. The zero-order valence-electron chi connectivity index (χ0n) is 14.3. The molecular weight excluding hydrogens is 280 g/mol. The number of carbonyl (C=O) groups excluding carboxylic acids is 1. The third-order valence-electron chi connectivity index (χ3n) is 5.52. The van der Waals surface area contributed by atoms with Gasteiger partial charge in [0.2, 0.25) is 0 Å². The maximum Gasteiger partial charge on any atom is 0.410 e. The molecule has 22 heavy (non-hydrogen) atoms. The van der Waals surface area contributed by atoms with Crippen molar-refractivity contribution in [3.63, 3.8) is 0 Å². The number of morpholine rings is 1. The Labute approximate surface area is 133 Å². The lowest BCUT2D eigenvalue weighted by Gasteiger charge is -2.58. The molecular formula is C17H30N2O3. The summed E-state index contributed by atoms with van der Waals surface area (Å²) in [6.07, 6.45) is 4.72. The number of ether oxygens (including phenoxy) is 2. The molecule has 0 aromatic rings. The molecule has 3 rings (SSSR count). The molecule has 0 bridgehead atoms. The van der Waals surface area contributed by atoms with Crippen LogP contribution in [0.15, 0.2) is 0 Å². The van der Waals surface area contributed by atoms with Gasteiger partial charge in [-0.05, 0) is 51.9 Å². The molecule has 2 saturated heterocycles. The van der Waals surface area contributed by atoms with Crippen molar-refractivity contribution in [1.29, 1.82) is 0 Å². The highest BCUT2D eigenvalue weighted by Crippen LogP contribution is 2.51. The van der Waals surface area contributed by atoms with Crippen LogP contribution in [0.3, 0.4) is 0 Å². The number of nitrogens with zero attached hydrogens (tertiary/aromatic N) is 2. The third-order valence-corrected chi connectivity index (χ3v) is 5.52. The lowest BCUT2D eigenvalue weighted by Crippen LogP contribution is -2.61. The molecule has 3 aliphatic rings. The van der Waals surface area contributed by atoms with Crippen LogP contribution < -0.4 is 0 Å². The Morgan fingerprint density at radius 3 is 2.23 bits per heavy atom. The fraction of sp³-hybridized carbons (Fsp3) is 0.941. The fourth-order valence-corrected chi connectivity index (χ4v) is 4.19. The molecule has 3 fully saturated rings. The number of carbonyl (C=O) groups is 1. The van der Waals surface area contributed by atoms with Crippen LogP contribution >= 0.6 is 0 Å². The summed E-state index contributed by atoms with van der Waals surface area (Å²) < 4.78 is 11.0. The Morgan fingerprint density at radius 1 is 1.09 bits per heavy atom. The second-order valence-corrected chi connectivity index (χ2v) is 8.03. The Bertz CT molecular complexity index is 405. The van der Waals surface area contributed by atoms with Crippen molar-refractivity contribution in [1.82, 2.24) is 9.80 Å². The van der Waals surface area contributed by atoms with Gasteiger partial charge in [0.05, 0.1) is 13.2 Å². The van der Waals surface area contributed by atoms with E-state index in [1.165, 1.54) is 12.8 Å². The largest absolute Gasteiger partial charge is 0.444 e. The first kappa shape index (κ1) is 16.1. The van der Waals surface area contributed by atoms with Crippen molar-refractivity contribution in [2.24, 2.45) is 5.41 Å². The minimum Gasteiger partial charge on any atom is -0.444 e. The fourth-order valence-electron chi connectivity index (χ4n) is 4.19. The van der Waals surface area contributed by atoms with E-state index in [0.717, 1.165) is 52.2 Å². The lowest BCUT2D eigenvalue weighted by atomic mass is 9.58. The van der Waals surface area contributed by atoms with E-state index in [9.17, 15) is 4.79 Å². The maximum atomic E-state index is 12.2. The SMILES string of the molecule is CC(C)(C)OC(=O)N1CCC2(CCC2N2CCOCC2)CC1. The van der Waals surface area contributed by atoms with Gasteiger partial charge in [-0.2, -0.15) is 0 Å². The van der Waals surface area contributed by atoms with Crippen molar-refractivity contribution in [2.75, 3.05) is 39.4 Å². The van der Waals surface area contributed by atoms with Crippen LogP contribution in [0.4, 0.5) is 4.79 Å². The van der Waals surface area contributed by atoms with Gasteiger partial charge in [-0.3, -0.25) is 4.90 Å². The number of likely N-dealkylation sites (tertiary alicyclic amines) is 1. The molecule has 2 heterocycles. The Hall–Kier alpha value is -0.810. The van der Waals surface area contributed by atoms with Gasteiger partial charge in [-0.25, -0.2) is 4.79 Å². The van der Waals surface area contributed by atoms with Gasteiger partial charge in [-0.15, -0.1) is 0 Å². The summed E-state index contributed by atoms with van der Waals surface area (Å²) in [5.74, 6) is 0. The number of hydrogen-bond donors (Lipinski definition) is 0. The summed E-state index contributed by atoms with van der Waals surface area (Å²) in [4.78, 5) is 16.7. The summed E-state index contributed by atoms with van der Waals surface area (Å²) >= 11 is 0. The molecule has 1 unspecified atom stereocenters. The average Bonchev–Trinajstić information content (AvgIpc) is 2.45. The molecule has 1 spiro atoms. The van der Waals surface area contributed by atoms with Crippen molar-refractivity contribution >= 4 is 6.09 Å². The van der Waals surface area contributed by atoms with Gasteiger partial charge in [0.15, 0.2) is 0 Å². The standard InChI is InChI=1S/C17H30N2O3/c1-16(2,3)22-15(20)19-8-6-17(7-9-19)5-4-14(17)18-10-12-21-13-11-18/h14H,4-13H2,1-3H3. The molecule has 1 saturated carbocycles. The van der Waals surface area contributed by atoms with Crippen LogP contribution in [0.1, 0.15) is 46.5 Å². The molecule has 1 aliphatic carbocycles. The molecule has 5 heteroatoms. The smallest absolute Gasteiger partial charge is 0.410 e. The predicted octanol–water partition coefficient (Wildman–Crippen LogP) is 2.50. The molecule has 2 aliphatic heterocycles. The van der Waals surface area contributed by atoms with Crippen LogP contribution in [-0.2, 0) is 9.47 Å². The maximum absolute atomic E-state index is 12.2. The number of hydrogen-bond acceptors (Lipinski definition) is 4. The van der Waals surface area contributed by atoms with E-state index in [0.29, 0.717) is 11.5 Å². The molecule has 1 atom stereocenters. The highest BCUT2D eigenvalue weighted by molar-refractivity contribution is 5.68. The second kappa shape index (κ2) is 6.00. The molecule has 0 N–H and O–H groups in total. The van der Waals surface area contributed by atoms with E-state index in [-0.39, 0.29) is 6.09 Å². The number of amides is 1. The topological polar surface area (TPSA) is 42.0 Å². The van der Waals surface area contributed by atoms with Gasteiger partial charge in [0.25, 0.3) is 0 Å². The van der Waals surface area contributed by atoms with Gasteiger partial charge in [0.1, 0.15) is 5.60 Å². The second-order valence-electron chi connectivity index (χ2n) is 8.03. The average molecular weight is 310 g/mol. The summed E-state index contributed by atoms with van der Waals surface area (Å²) in [5, 5.41) is 0. The van der Waals surface area contributed by atoms with E-state index in [2.05, 4.69) is 4.90 Å². The van der Waals surface area contributed by atoms with Crippen molar-refractivity contribution in [2.45, 2.75) is 58.1 Å². The normalized spacial score (nSPS) is 29.2. The lowest BCUT2D eigenvalue weighted by molar-refractivity contribution is -0.0969. The summed E-state index contributed by atoms with van der Waals surface area (Å²) in [5.41, 5.74) is 0.0366. The van der Waals surface area contributed by atoms with Crippen LogP contribution in [-0.4, -0.2) is 66.9 Å². The first-order chi connectivity index (χ1) is 10.4. The van der Waals surface area contributed by atoms with Crippen LogP contribution in [0.5, 0.6) is 0 Å². The highest BCUT2D eigenvalue weighted by atomic mass is 16.6. The van der Waals surface area contributed by atoms with E-state index in [1.807, 2.05) is 25.7 Å². The Kier molecular flexibility index (Phi) is 4.38. The Balaban J connectivity index is 1.53. The molecule has 126 valence electrons. The van der Waals surface area contributed by atoms with E-state index in [1.54, 1.807) is 0 Å². The summed E-state index contributed by atoms with van der Waals surface area (Å²) in [6.45, 7) is 11.4. The van der Waals surface area contributed by atoms with Crippen LogP contribution in [0, 0.1) is 5.41 Å². The first-order valence-electron chi connectivity index (χ1n) is 8.69. The predicted molar refractivity (Wildman–Crippen MR) is 84.9 cm³/mol. The molecule has 5 nitrogen and oxygen atoms in total. The number of rotatable bonds is 1. The van der Waals surface area contributed by atoms with Crippen molar-refractivity contribution in [3.8, 4) is 0 Å². The van der Waals surface area contributed by atoms with Crippen LogP contribution in [0.25, 0.3) is 0 Å². The zero-order chi connectivity index (χ0) is 15.8. The first-order valence-corrected chi connectivity index (χ1v) is 8.69. The quantitative estimate of drug-likeness (QED) is 0.746. The van der Waals surface area contributed by atoms with Gasteiger partial charge in [-0.1, -0.05) is 0 Å². The monoisotopic (exact) mass is 310 g/mol. The summed E-state index contributed by atoms with van der Waals surface area (Å²) in [7, 11) is 0. The molecule has 0 radical (unpaired) electrons. The van der Waals surface area contributed by atoms with E-state index < -0.39 is 5.60 Å². The van der Waals surface area contributed by atoms with Crippen LogP contribution in [0.2, 0.25) is 0 Å². The van der Waals surface area contributed by atoms with Crippen molar-refractivity contribution in [3.05, 3.63) is 0 Å². The van der Waals surface area contributed by atoms with E-state index >= 15 is 0 Å². The molecule has 0 aromatic carbocycles.